The minimum atomic E-state index is -0.125. The Bertz CT molecular complexity index is 1360. The van der Waals surface area contributed by atoms with Gasteiger partial charge in [-0.15, -0.1) is 0 Å². The van der Waals surface area contributed by atoms with Crippen LogP contribution in [0, 0.1) is 5.21 Å². The van der Waals surface area contributed by atoms with E-state index < -0.39 is 0 Å². The summed E-state index contributed by atoms with van der Waals surface area (Å²) in [5.41, 5.74) is 2.74. The Morgan fingerprint density at radius 1 is 1.09 bits per heavy atom. The van der Waals surface area contributed by atoms with E-state index in [1.165, 1.54) is 6.20 Å². The molecule has 0 saturated heterocycles. The molecule has 0 unspecified atom stereocenters. The lowest BCUT2D eigenvalue weighted by Crippen LogP contribution is -2.25. The molecule has 166 valence electrons. The summed E-state index contributed by atoms with van der Waals surface area (Å²) in [6.07, 6.45) is 5.53. The summed E-state index contributed by atoms with van der Waals surface area (Å²) in [4.78, 5) is 26.0. The molecule has 3 aromatic heterocycles. The van der Waals surface area contributed by atoms with Crippen LogP contribution in [0.2, 0.25) is 0 Å². The Labute approximate surface area is 191 Å². The van der Waals surface area contributed by atoms with Gasteiger partial charge in [-0.3, -0.25) is 4.79 Å². The molecule has 8 nitrogen and oxygen atoms in total. The Morgan fingerprint density at radius 2 is 1.97 bits per heavy atom. The van der Waals surface area contributed by atoms with Gasteiger partial charge in [0, 0.05) is 44.5 Å². The van der Waals surface area contributed by atoms with Crippen molar-refractivity contribution in [2.45, 2.75) is 13.3 Å². The lowest BCUT2D eigenvalue weighted by Gasteiger charge is -2.22. The van der Waals surface area contributed by atoms with Crippen molar-refractivity contribution in [3.8, 4) is 5.75 Å². The van der Waals surface area contributed by atoms with Gasteiger partial charge in [0.05, 0.1) is 23.2 Å². The van der Waals surface area contributed by atoms with Crippen LogP contribution in [0.25, 0.3) is 10.9 Å². The maximum atomic E-state index is 13.3. The van der Waals surface area contributed by atoms with Gasteiger partial charge in [-0.1, -0.05) is 6.07 Å². The number of rotatable bonds is 5. The third-order valence-corrected chi connectivity index (χ3v) is 5.83. The van der Waals surface area contributed by atoms with Crippen LogP contribution < -0.4 is 19.3 Å². The summed E-state index contributed by atoms with van der Waals surface area (Å²) < 4.78 is 6.82. The molecule has 4 heterocycles. The highest BCUT2D eigenvalue weighted by Gasteiger charge is 2.30. The van der Waals surface area contributed by atoms with Gasteiger partial charge in [0.2, 0.25) is 5.52 Å². The van der Waals surface area contributed by atoms with E-state index in [1.807, 2.05) is 42.2 Å². The second kappa shape index (κ2) is 8.38. The molecular weight excluding hydrogens is 418 g/mol. The van der Waals surface area contributed by atoms with E-state index in [9.17, 15) is 10.0 Å². The fraction of sp³-hybridized carbons (Fsp3) is 0.200. The third-order valence-electron chi connectivity index (χ3n) is 5.83. The van der Waals surface area contributed by atoms with Crippen molar-refractivity contribution in [2.24, 2.45) is 0 Å². The first-order chi connectivity index (χ1) is 16.1. The predicted octanol–water partition coefficient (Wildman–Crippen LogP) is 3.63. The monoisotopic (exact) mass is 441 g/mol. The van der Waals surface area contributed by atoms with E-state index >= 15 is 0 Å². The van der Waals surface area contributed by atoms with Crippen LogP contribution >= 0.6 is 0 Å². The molecule has 0 radical (unpaired) electrons. The molecule has 0 bridgehead atoms. The van der Waals surface area contributed by atoms with Gasteiger partial charge in [0.15, 0.2) is 12.0 Å². The van der Waals surface area contributed by atoms with Crippen molar-refractivity contribution in [1.29, 1.82) is 0 Å². The molecule has 0 saturated carbocycles. The van der Waals surface area contributed by atoms with Gasteiger partial charge < -0.3 is 19.7 Å². The number of nitrogens with zero attached hydrogens (tertiary/aromatic N) is 5. The Kier molecular flexibility index (Phi) is 5.26. The van der Waals surface area contributed by atoms with Crippen LogP contribution in [0.3, 0.4) is 0 Å². The summed E-state index contributed by atoms with van der Waals surface area (Å²) in [5, 5.41) is 12.7. The van der Waals surface area contributed by atoms with Crippen LogP contribution in [0.1, 0.15) is 22.8 Å². The molecule has 0 fully saturated rings. The summed E-state index contributed by atoms with van der Waals surface area (Å²) in [6.45, 7) is 3.03. The molecule has 0 N–H and O–H groups in total. The molecule has 4 aromatic rings. The zero-order valence-electron chi connectivity index (χ0n) is 18.4. The summed E-state index contributed by atoms with van der Waals surface area (Å²) in [7, 11) is 1.75. The van der Waals surface area contributed by atoms with Gasteiger partial charge in [-0.25, -0.2) is 9.97 Å². The molecule has 0 atom stereocenters. The number of aromatic nitrogens is 3. The normalized spacial score (nSPS) is 13.0. The average Bonchev–Trinajstić information content (AvgIpc) is 2.93. The van der Waals surface area contributed by atoms with Gasteiger partial charge in [-0.05, 0) is 42.8 Å². The Balaban J connectivity index is 1.41. The van der Waals surface area contributed by atoms with Gasteiger partial charge in [-0.2, -0.15) is 4.73 Å². The molecule has 0 aliphatic carbocycles. The lowest BCUT2D eigenvalue weighted by molar-refractivity contribution is -0.577. The first-order valence-corrected chi connectivity index (χ1v) is 10.8. The fourth-order valence-corrected chi connectivity index (χ4v) is 4.15. The van der Waals surface area contributed by atoms with Crippen molar-refractivity contribution in [3.63, 3.8) is 0 Å². The molecule has 8 heteroatoms. The average molecular weight is 441 g/mol. The number of benzene rings is 1. The van der Waals surface area contributed by atoms with Crippen molar-refractivity contribution in [2.75, 3.05) is 30.0 Å². The zero-order valence-corrected chi connectivity index (χ0v) is 18.4. The third kappa shape index (κ3) is 3.59. The zero-order chi connectivity index (χ0) is 22.9. The Hall–Kier alpha value is -4.20. The number of fused-ring (bicyclic) bond motifs is 3. The first kappa shape index (κ1) is 20.7. The minimum Gasteiger partial charge on any atom is -0.618 e. The highest BCUT2D eigenvalue weighted by Crippen LogP contribution is 2.37. The molecule has 1 amide bonds. The molecule has 1 aromatic carbocycles. The summed E-state index contributed by atoms with van der Waals surface area (Å²) in [6, 6.07) is 14.6. The van der Waals surface area contributed by atoms with Crippen molar-refractivity contribution in [1.82, 2.24) is 9.97 Å². The second-order valence-electron chi connectivity index (χ2n) is 7.79. The number of hydrogen-bond acceptors (Lipinski definition) is 6. The van der Waals surface area contributed by atoms with Gasteiger partial charge >= 0.3 is 0 Å². The van der Waals surface area contributed by atoms with Crippen LogP contribution in [0.5, 0.6) is 5.75 Å². The van der Waals surface area contributed by atoms with E-state index in [1.54, 1.807) is 42.5 Å². The topological polar surface area (TPSA) is 85.5 Å². The van der Waals surface area contributed by atoms with E-state index in [2.05, 4.69) is 9.97 Å². The molecule has 1 aliphatic rings. The number of carbonyl (C=O) groups excluding carboxylic acids is 1. The van der Waals surface area contributed by atoms with Crippen LogP contribution in [0.15, 0.2) is 67.1 Å². The number of carbonyl (C=O) groups is 1. The van der Waals surface area contributed by atoms with E-state index in [0.717, 1.165) is 21.4 Å². The smallest absolute Gasteiger partial charge is 0.261 e. The van der Waals surface area contributed by atoms with Crippen molar-refractivity contribution >= 4 is 34.1 Å². The first-order valence-electron chi connectivity index (χ1n) is 10.8. The van der Waals surface area contributed by atoms with E-state index in [0.29, 0.717) is 48.0 Å². The standard InChI is InChI=1S/C25H23N5O3/c1-3-29-23-19(25(31)28(2)21-9-5-12-26-24(21)29)15-17(16-27-23)11-14-33-22-10-4-8-20-18(22)7-6-13-30(20)32/h4-10,12-13,15-16H,3,11,14H2,1-2H3. The number of amides is 1. The number of anilines is 3. The van der Waals surface area contributed by atoms with Crippen molar-refractivity contribution in [3.05, 3.63) is 83.5 Å². The minimum absolute atomic E-state index is 0.125. The second-order valence-corrected chi connectivity index (χ2v) is 7.79. The predicted molar refractivity (Wildman–Crippen MR) is 126 cm³/mol. The van der Waals surface area contributed by atoms with Gasteiger partial charge in [0.25, 0.3) is 5.91 Å². The SMILES string of the molecule is CCN1c2ncc(CCOc3cccc4c3ccc[n+]4[O-])cc2C(=O)N(C)c2cccnc21. The summed E-state index contributed by atoms with van der Waals surface area (Å²) in [5.74, 6) is 1.84. The van der Waals surface area contributed by atoms with Crippen LogP contribution in [0.4, 0.5) is 17.3 Å². The van der Waals surface area contributed by atoms with E-state index in [-0.39, 0.29) is 5.91 Å². The number of ether oxygens (including phenoxy) is 1. The highest BCUT2D eigenvalue weighted by atomic mass is 16.5. The molecule has 5 rings (SSSR count). The fourth-order valence-electron chi connectivity index (χ4n) is 4.15. The molecular formula is C25H23N5O3. The van der Waals surface area contributed by atoms with E-state index in [4.69, 9.17) is 4.74 Å². The maximum Gasteiger partial charge on any atom is 0.261 e. The molecule has 0 spiro atoms. The highest BCUT2D eigenvalue weighted by molar-refractivity contribution is 6.12. The van der Waals surface area contributed by atoms with Crippen LogP contribution in [-0.2, 0) is 6.42 Å². The quantitative estimate of drug-likeness (QED) is 0.347. The van der Waals surface area contributed by atoms with Crippen LogP contribution in [-0.4, -0.2) is 36.1 Å². The summed E-state index contributed by atoms with van der Waals surface area (Å²) >= 11 is 0. The van der Waals surface area contributed by atoms with Crippen molar-refractivity contribution < 1.29 is 14.3 Å². The molecule has 33 heavy (non-hydrogen) atoms. The molecule has 1 aliphatic heterocycles. The maximum absolute atomic E-state index is 13.3. The number of hydrogen-bond donors (Lipinski definition) is 0. The van der Waals surface area contributed by atoms with Gasteiger partial charge in [0.1, 0.15) is 11.6 Å². The lowest BCUT2D eigenvalue weighted by atomic mass is 10.1. The number of pyridine rings is 3. The largest absolute Gasteiger partial charge is 0.618 e. The Morgan fingerprint density at radius 3 is 2.82 bits per heavy atom.